The van der Waals surface area contributed by atoms with Crippen LogP contribution in [0.15, 0.2) is 40.9 Å². The Labute approximate surface area is 199 Å². The van der Waals surface area contributed by atoms with E-state index in [1.165, 1.54) is 0 Å². The van der Waals surface area contributed by atoms with E-state index in [-0.39, 0.29) is 37.0 Å². The van der Waals surface area contributed by atoms with Gasteiger partial charge in [0, 0.05) is 18.9 Å². The molecule has 1 aromatic carbocycles. The van der Waals surface area contributed by atoms with Gasteiger partial charge in [0.15, 0.2) is 10.8 Å². The lowest BCUT2D eigenvalue weighted by molar-refractivity contribution is -0.525. The quantitative estimate of drug-likeness (QED) is 0.0504. The Morgan fingerprint density at radius 1 is 1.26 bits per heavy atom. The summed E-state index contributed by atoms with van der Waals surface area (Å²) in [6, 6.07) is 9.31. The van der Waals surface area contributed by atoms with Gasteiger partial charge in [-0.3, -0.25) is 9.59 Å². The third-order valence-electron chi connectivity index (χ3n) is 5.04. The van der Waals surface area contributed by atoms with E-state index < -0.39 is 29.9 Å². The van der Waals surface area contributed by atoms with Crippen molar-refractivity contribution >= 4 is 30.8 Å². The van der Waals surface area contributed by atoms with E-state index in [4.69, 9.17) is 5.73 Å². The molecule has 0 aliphatic carbocycles. The van der Waals surface area contributed by atoms with E-state index in [1.807, 2.05) is 44.2 Å². The van der Waals surface area contributed by atoms with E-state index in [2.05, 4.69) is 10.3 Å². The number of Topliss-reactive ketones (excluding diaryl/α,β-unsaturated/α-hetero) is 1. The molecular formula is C22H34BN5O6. The van der Waals surface area contributed by atoms with Gasteiger partial charge in [0.25, 0.3) is 5.96 Å². The monoisotopic (exact) mass is 475 g/mol. The minimum absolute atomic E-state index is 0.0801. The summed E-state index contributed by atoms with van der Waals surface area (Å²) < 4.78 is 0. The molecule has 0 heterocycles. The van der Waals surface area contributed by atoms with Crippen LogP contribution in [-0.2, 0) is 9.59 Å². The van der Waals surface area contributed by atoms with Gasteiger partial charge in [-0.05, 0) is 49.3 Å². The van der Waals surface area contributed by atoms with Crippen LogP contribution < -0.4 is 16.5 Å². The summed E-state index contributed by atoms with van der Waals surface area (Å²) in [7, 11) is -1.74. The highest BCUT2D eigenvalue weighted by Crippen LogP contribution is 2.18. The van der Waals surface area contributed by atoms with Gasteiger partial charge in [-0.1, -0.05) is 49.6 Å². The Morgan fingerprint density at radius 3 is 2.47 bits per heavy atom. The molecule has 2 atom stereocenters. The number of nitrogens with zero attached hydrogens (tertiary/aromatic N) is 2. The molecule has 0 saturated carbocycles. The van der Waals surface area contributed by atoms with Gasteiger partial charge in [0.05, 0.1) is 5.94 Å². The highest BCUT2D eigenvalue weighted by molar-refractivity contribution is 6.43. The normalized spacial score (nSPS) is 13.8. The van der Waals surface area contributed by atoms with Crippen molar-refractivity contribution in [1.29, 1.82) is 0 Å². The number of nitrogens with one attached hydrogen (secondary N) is 2. The number of ketones is 1. The first kappa shape index (κ1) is 28.8. The number of rotatable bonds is 14. The lowest BCUT2D eigenvalue weighted by atomic mass is 9.74. The number of benzene rings is 1. The maximum Gasteiger partial charge on any atom is 0.475 e. The SMILES string of the molecule is C/C(=C\c1ccccc1)C(=O)C[C@@H](CCCN=C(N)N[N+](=O)[O-])C(=O)N[C@@H](CC(C)C)B(O)O. The summed E-state index contributed by atoms with van der Waals surface area (Å²) >= 11 is 0. The number of aliphatic imine (C=N–C) groups is 1. The second kappa shape index (κ2) is 14.8. The Bertz CT molecular complexity index is 876. The van der Waals surface area contributed by atoms with Crippen molar-refractivity contribution in [3.05, 3.63) is 51.6 Å². The van der Waals surface area contributed by atoms with Gasteiger partial charge in [0.1, 0.15) is 0 Å². The maximum atomic E-state index is 13.0. The molecule has 34 heavy (non-hydrogen) atoms. The number of hydrogen-bond acceptors (Lipinski definition) is 7. The first-order valence-corrected chi connectivity index (χ1v) is 11.1. The molecule has 0 bridgehead atoms. The van der Waals surface area contributed by atoms with Crippen LogP contribution in [0.3, 0.4) is 0 Å². The van der Waals surface area contributed by atoms with Gasteiger partial charge in [0.2, 0.25) is 5.91 Å². The number of nitro groups is 1. The van der Waals surface area contributed by atoms with Crippen LogP contribution in [0.25, 0.3) is 6.08 Å². The molecule has 0 aromatic heterocycles. The van der Waals surface area contributed by atoms with Crippen molar-refractivity contribution in [3.63, 3.8) is 0 Å². The van der Waals surface area contributed by atoms with Crippen LogP contribution in [0.4, 0.5) is 0 Å². The minimum atomic E-state index is -1.74. The number of guanidine groups is 1. The van der Waals surface area contributed by atoms with Gasteiger partial charge in [-0.25, -0.2) is 15.1 Å². The summed E-state index contributed by atoms with van der Waals surface area (Å²) in [5, 5.41) is 31.5. The van der Waals surface area contributed by atoms with Crippen molar-refractivity contribution in [2.24, 2.45) is 22.6 Å². The topological polar surface area (TPSA) is 180 Å². The third kappa shape index (κ3) is 11.6. The van der Waals surface area contributed by atoms with Gasteiger partial charge < -0.3 is 21.1 Å². The number of hydrogen-bond donors (Lipinski definition) is 5. The van der Waals surface area contributed by atoms with Crippen molar-refractivity contribution in [3.8, 4) is 0 Å². The standard InChI is InChI=1S/C22H34BN5O6/c1-15(2)12-20(23(31)32)26-21(30)18(10-7-11-25-22(24)27-28(33)34)14-19(29)16(3)13-17-8-5-4-6-9-17/h4-6,8-9,13,15,18,20,31-32H,7,10-12,14H2,1-3H3,(H,26,30)(H3,24,25,27)/b16-13+/t18-,20+/m1/s1. The van der Waals surface area contributed by atoms with Crippen LogP contribution in [0, 0.1) is 22.0 Å². The third-order valence-corrected chi connectivity index (χ3v) is 5.04. The predicted octanol–water partition coefficient (Wildman–Crippen LogP) is 1.08. The molecule has 0 radical (unpaired) electrons. The van der Waals surface area contributed by atoms with E-state index in [0.717, 1.165) is 5.56 Å². The molecule has 11 nitrogen and oxygen atoms in total. The predicted molar refractivity (Wildman–Crippen MR) is 131 cm³/mol. The summed E-state index contributed by atoms with van der Waals surface area (Å²) in [5.41, 5.74) is 8.47. The summed E-state index contributed by atoms with van der Waals surface area (Å²) in [6.45, 7) is 5.57. The molecule has 0 spiro atoms. The molecule has 186 valence electrons. The number of allylic oxidation sites excluding steroid dienone is 1. The minimum Gasteiger partial charge on any atom is -0.426 e. The van der Waals surface area contributed by atoms with E-state index in [9.17, 15) is 29.8 Å². The Hall–Kier alpha value is -3.25. The lowest BCUT2D eigenvalue weighted by Gasteiger charge is -2.23. The van der Waals surface area contributed by atoms with Crippen molar-refractivity contribution in [2.45, 2.75) is 52.4 Å². The molecule has 1 aromatic rings. The fourth-order valence-corrected chi connectivity index (χ4v) is 3.32. The molecule has 0 fully saturated rings. The smallest absolute Gasteiger partial charge is 0.426 e. The average Bonchev–Trinajstić information content (AvgIpc) is 2.74. The summed E-state index contributed by atoms with van der Waals surface area (Å²) in [6.07, 6.45) is 2.60. The zero-order valence-electron chi connectivity index (χ0n) is 19.8. The Balaban J connectivity index is 2.92. The fraction of sp³-hybridized carbons (Fsp3) is 0.500. The fourth-order valence-electron chi connectivity index (χ4n) is 3.32. The molecule has 6 N–H and O–H groups in total. The van der Waals surface area contributed by atoms with Crippen LogP contribution in [-0.4, -0.2) is 52.3 Å². The van der Waals surface area contributed by atoms with Gasteiger partial charge >= 0.3 is 7.12 Å². The number of amides is 1. The first-order valence-electron chi connectivity index (χ1n) is 11.1. The van der Waals surface area contributed by atoms with E-state index >= 15 is 0 Å². The van der Waals surface area contributed by atoms with Crippen LogP contribution >= 0.6 is 0 Å². The highest BCUT2D eigenvalue weighted by Gasteiger charge is 2.30. The molecule has 1 amide bonds. The maximum absolute atomic E-state index is 13.0. The molecule has 0 saturated heterocycles. The average molecular weight is 475 g/mol. The number of nitrogens with two attached hydrogens (primary N) is 1. The molecule has 1 rings (SSSR count). The molecular weight excluding hydrogens is 441 g/mol. The first-order chi connectivity index (χ1) is 16.0. The van der Waals surface area contributed by atoms with E-state index in [1.54, 1.807) is 18.4 Å². The zero-order chi connectivity index (χ0) is 25.7. The van der Waals surface area contributed by atoms with Crippen LogP contribution in [0.5, 0.6) is 0 Å². The number of hydrazine groups is 1. The second-order valence-corrected chi connectivity index (χ2v) is 8.50. The Kier molecular flexibility index (Phi) is 12.5. The zero-order valence-corrected chi connectivity index (χ0v) is 19.8. The summed E-state index contributed by atoms with van der Waals surface area (Å²) in [5.74, 6) is -2.56. The number of carbonyl (C=O) groups excluding carboxylic acids is 2. The van der Waals surface area contributed by atoms with Crippen molar-refractivity contribution in [2.75, 3.05) is 6.54 Å². The molecule has 0 aliphatic heterocycles. The Morgan fingerprint density at radius 2 is 1.91 bits per heavy atom. The molecule has 12 heteroatoms. The second-order valence-electron chi connectivity index (χ2n) is 8.50. The van der Waals surface area contributed by atoms with Crippen LogP contribution in [0.1, 0.15) is 52.0 Å². The van der Waals surface area contributed by atoms with Crippen molar-refractivity contribution in [1.82, 2.24) is 10.7 Å². The van der Waals surface area contributed by atoms with Crippen molar-refractivity contribution < 1.29 is 24.7 Å². The highest BCUT2D eigenvalue weighted by atomic mass is 16.7. The van der Waals surface area contributed by atoms with E-state index in [0.29, 0.717) is 18.4 Å². The van der Waals surface area contributed by atoms with Crippen LogP contribution in [0.2, 0.25) is 0 Å². The molecule has 0 aliphatic rings. The van der Waals surface area contributed by atoms with Gasteiger partial charge in [-0.15, -0.1) is 0 Å². The largest absolute Gasteiger partial charge is 0.475 e. The number of carbonyl (C=O) groups is 2. The molecule has 0 unspecified atom stereocenters. The summed E-state index contributed by atoms with van der Waals surface area (Å²) in [4.78, 5) is 40.0. The lowest BCUT2D eigenvalue weighted by Crippen LogP contribution is -2.49. The van der Waals surface area contributed by atoms with Gasteiger partial charge in [-0.2, -0.15) is 0 Å².